The molecule has 0 aliphatic carbocycles. The van der Waals surface area contributed by atoms with Crippen LogP contribution in [0.1, 0.15) is 12.5 Å². The lowest BCUT2D eigenvalue weighted by atomic mass is 10.1. The van der Waals surface area contributed by atoms with Crippen molar-refractivity contribution in [3.63, 3.8) is 0 Å². The van der Waals surface area contributed by atoms with Gasteiger partial charge in [0.05, 0.1) is 12.8 Å². The van der Waals surface area contributed by atoms with E-state index in [1.54, 1.807) is 36.4 Å². The Morgan fingerprint density at radius 3 is 2.60 bits per heavy atom. The number of carbonyl (C=O) groups excluding carboxylic acids is 3. The highest BCUT2D eigenvalue weighted by Crippen LogP contribution is 2.32. The largest absolute Gasteiger partial charge is 0.497 e. The number of anilines is 2. The van der Waals surface area contributed by atoms with E-state index in [1.165, 1.54) is 12.1 Å². The molecule has 2 aromatic carbocycles. The molecule has 0 bridgehead atoms. The van der Waals surface area contributed by atoms with Gasteiger partial charge in [0.15, 0.2) is 12.1 Å². The highest BCUT2D eigenvalue weighted by atomic mass is 16.5. The minimum Gasteiger partial charge on any atom is -0.497 e. The molecular weight excluding hydrogens is 386 g/mol. The van der Waals surface area contributed by atoms with E-state index in [2.05, 4.69) is 15.7 Å². The molecule has 30 heavy (non-hydrogen) atoms. The summed E-state index contributed by atoms with van der Waals surface area (Å²) < 4.78 is 5.14. The van der Waals surface area contributed by atoms with Crippen LogP contribution in [0, 0.1) is 0 Å². The van der Waals surface area contributed by atoms with Crippen molar-refractivity contribution in [3.05, 3.63) is 54.1 Å². The molecule has 9 heteroatoms. The zero-order valence-corrected chi connectivity index (χ0v) is 16.6. The first kappa shape index (κ1) is 19.6. The standard InChI is InChI=1S/C21H21N5O4/c1-3-13-7-9-15(10-8-13)26-20(28)18-19(21(26)29)25(24-23-18)12-17(27)22-14-5-4-6-16(11-14)30-2/h4-11,18-19H,3,12H2,1-2H3,(H,22,27). The Labute approximate surface area is 173 Å². The van der Waals surface area contributed by atoms with Gasteiger partial charge in [-0.05, 0) is 36.2 Å². The lowest BCUT2D eigenvalue weighted by molar-refractivity contribution is -0.123. The minimum absolute atomic E-state index is 0.205. The van der Waals surface area contributed by atoms with Gasteiger partial charge in [-0.25, -0.2) is 4.90 Å². The van der Waals surface area contributed by atoms with Gasteiger partial charge in [-0.15, -0.1) is 0 Å². The summed E-state index contributed by atoms with van der Waals surface area (Å²) in [5.74, 6) is -0.647. The molecule has 0 spiro atoms. The number of rotatable bonds is 6. The predicted octanol–water partition coefficient (Wildman–Crippen LogP) is 2.19. The fraction of sp³-hybridized carbons (Fsp3) is 0.286. The van der Waals surface area contributed by atoms with E-state index in [4.69, 9.17) is 4.74 Å². The number of aryl methyl sites for hydroxylation is 1. The van der Waals surface area contributed by atoms with Crippen LogP contribution >= 0.6 is 0 Å². The Hall–Kier alpha value is -3.75. The van der Waals surface area contributed by atoms with Crippen LogP contribution in [0.25, 0.3) is 0 Å². The average Bonchev–Trinajstić information content (AvgIpc) is 3.27. The minimum atomic E-state index is -0.937. The molecule has 0 aromatic heterocycles. The van der Waals surface area contributed by atoms with Gasteiger partial charge in [-0.2, -0.15) is 5.11 Å². The first-order valence-corrected chi connectivity index (χ1v) is 9.60. The molecule has 9 nitrogen and oxygen atoms in total. The third-order valence-corrected chi connectivity index (χ3v) is 5.12. The zero-order chi connectivity index (χ0) is 21.3. The van der Waals surface area contributed by atoms with Gasteiger partial charge < -0.3 is 10.1 Å². The molecule has 1 saturated heterocycles. The van der Waals surface area contributed by atoms with Gasteiger partial charge in [-0.3, -0.25) is 19.4 Å². The summed E-state index contributed by atoms with van der Waals surface area (Å²) in [4.78, 5) is 39.3. The monoisotopic (exact) mass is 407 g/mol. The summed E-state index contributed by atoms with van der Waals surface area (Å²) in [7, 11) is 1.54. The quantitative estimate of drug-likeness (QED) is 0.740. The van der Waals surface area contributed by atoms with Crippen molar-refractivity contribution < 1.29 is 19.1 Å². The SMILES string of the molecule is CCc1ccc(N2C(=O)C3N=NN(CC(=O)Nc4cccc(OC)c4)C3C2=O)cc1. The molecule has 0 radical (unpaired) electrons. The van der Waals surface area contributed by atoms with Crippen molar-refractivity contribution in [2.45, 2.75) is 25.4 Å². The number of imide groups is 1. The summed E-state index contributed by atoms with van der Waals surface area (Å²) in [6, 6.07) is 12.3. The van der Waals surface area contributed by atoms with Crippen molar-refractivity contribution >= 4 is 29.1 Å². The second kappa shape index (κ2) is 7.94. The van der Waals surface area contributed by atoms with E-state index in [-0.39, 0.29) is 12.5 Å². The summed E-state index contributed by atoms with van der Waals surface area (Å²) in [5, 5.41) is 11.8. The van der Waals surface area contributed by atoms with Gasteiger partial charge in [-0.1, -0.05) is 30.3 Å². The van der Waals surface area contributed by atoms with Crippen molar-refractivity contribution in [3.8, 4) is 5.75 Å². The second-order valence-corrected chi connectivity index (χ2v) is 7.00. The van der Waals surface area contributed by atoms with Crippen LogP contribution in [0.4, 0.5) is 11.4 Å². The Kier molecular flexibility index (Phi) is 5.18. The van der Waals surface area contributed by atoms with E-state index >= 15 is 0 Å². The number of nitrogens with zero attached hydrogens (tertiary/aromatic N) is 4. The molecule has 154 valence electrons. The number of nitrogens with one attached hydrogen (secondary N) is 1. The molecule has 2 unspecified atom stereocenters. The van der Waals surface area contributed by atoms with Crippen LogP contribution in [0.15, 0.2) is 58.9 Å². The topological polar surface area (TPSA) is 104 Å². The van der Waals surface area contributed by atoms with Gasteiger partial charge in [0, 0.05) is 11.8 Å². The van der Waals surface area contributed by atoms with Crippen LogP contribution in [0.5, 0.6) is 5.75 Å². The van der Waals surface area contributed by atoms with Crippen LogP contribution in [-0.2, 0) is 20.8 Å². The van der Waals surface area contributed by atoms with Gasteiger partial charge in [0.25, 0.3) is 11.8 Å². The summed E-state index contributed by atoms with van der Waals surface area (Å²) in [5.41, 5.74) is 2.15. The van der Waals surface area contributed by atoms with E-state index < -0.39 is 23.9 Å². The van der Waals surface area contributed by atoms with Gasteiger partial charge >= 0.3 is 0 Å². The fourth-order valence-electron chi connectivity index (χ4n) is 3.54. The molecule has 2 aromatic rings. The van der Waals surface area contributed by atoms with Crippen LogP contribution in [-0.4, -0.2) is 48.5 Å². The van der Waals surface area contributed by atoms with Crippen molar-refractivity contribution in [1.82, 2.24) is 5.01 Å². The molecule has 2 aliphatic rings. The fourth-order valence-corrected chi connectivity index (χ4v) is 3.54. The summed E-state index contributed by atoms with van der Waals surface area (Å²) in [6.07, 6.45) is 0.859. The number of fused-ring (bicyclic) bond motifs is 1. The molecule has 4 rings (SSSR count). The maximum Gasteiger partial charge on any atom is 0.263 e. The molecule has 2 heterocycles. The number of hydrogen-bond donors (Lipinski definition) is 1. The predicted molar refractivity (Wildman–Crippen MR) is 109 cm³/mol. The second-order valence-electron chi connectivity index (χ2n) is 7.00. The maximum atomic E-state index is 13.0. The molecule has 2 aliphatic heterocycles. The van der Waals surface area contributed by atoms with Crippen LogP contribution in [0.2, 0.25) is 0 Å². The lowest BCUT2D eigenvalue weighted by Gasteiger charge is -2.20. The van der Waals surface area contributed by atoms with Crippen LogP contribution in [0.3, 0.4) is 0 Å². The first-order chi connectivity index (χ1) is 14.5. The van der Waals surface area contributed by atoms with Crippen molar-refractivity contribution in [2.24, 2.45) is 10.3 Å². The Bertz CT molecular complexity index is 1020. The van der Waals surface area contributed by atoms with Crippen molar-refractivity contribution in [2.75, 3.05) is 23.9 Å². The highest BCUT2D eigenvalue weighted by molar-refractivity contribution is 6.25. The van der Waals surface area contributed by atoms with E-state index in [0.29, 0.717) is 17.1 Å². The van der Waals surface area contributed by atoms with Crippen molar-refractivity contribution in [1.29, 1.82) is 0 Å². The molecule has 2 atom stereocenters. The number of carbonyl (C=O) groups is 3. The average molecular weight is 407 g/mol. The first-order valence-electron chi connectivity index (χ1n) is 9.60. The molecule has 1 N–H and O–H groups in total. The Balaban J connectivity index is 1.46. The van der Waals surface area contributed by atoms with E-state index in [0.717, 1.165) is 16.9 Å². The normalized spacial score (nSPS) is 19.9. The summed E-state index contributed by atoms with van der Waals surface area (Å²) in [6.45, 7) is 1.82. The van der Waals surface area contributed by atoms with Crippen LogP contribution < -0.4 is 15.0 Å². The highest BCUT2D eigenvalue weighted by Gasteiger charge is 2.55. The molecule has 3 amide bonds. The third kappa shape index (κ3) is 3.49. The molecule has 0 saturated carbocycles. The molecule has 1 fully saturated rings. The number of ether oxygens (including phenoxy) is 1. The van der Waals surface area contributed by atoms with E-state index in [9.17, 15) is 14.4 Å². The van der Waals surface area contributed by atoms with Gasteiger partial charge in [0.2, 0.25) is 5.91 Å². The smallest absolute Gasteiger partial charge is 0.263 e. The molecular formula is C21H21N5O4. The number of amides is 3. The Morgan fingerprint density at radius 2 is 1.90 bits per heavy atom. The maximum absolute atomic E-state index is 13.0. The zero-order valence-electron chi connectivity index (χ0n) is 16.6. The summed E-state index contributed by atoms with van der Waals surface area (Å²) >= 11 is 0. The third-order valence-electron chi connectivity index (χ3n) is 5.12. The number of benzene rings is 2. The lowest BCUT2D eigenvalue weighted by Crippen LogP contribution is -2.43. The van der Waals surface area contributed by atoms with E-state index in [1.807, 2.05) is 19.1 Å². The number of hydrogen-bond acceptors (Lipinski definition) is 7. The Morgan fingerprint density at radius 1 is 1.13 bits per heavy atom. The number of methoxy groups -OCH3 is 1. The van der Waals surface area contributed by atoms with Gasteiger partial charge in [0.1, 0.15) is 12.3 Å².